The molecule has 0 aliphatic carbocycles. The number of ether oxygens (including phenoxy) is 5. The number of methoxy groups -OCH3 is 3. The second-order valence-electron chi connectivity index (χ2n) is 15.7. The van der Waals surface area contributed by atoms with Crippen LogP contribution >= 0.6 is 8.53 Å². The van der Waals surface area contributed by atoms with Crippen molar-refractivity contribution >= 4 is 31.5 Å². The molecule has 0 radical (unpaired) electrons. The average Bonchev–Trinajstić information content (AvgIpc) is 3.91. The molecule has 6 aromatic rings. The molecule has 1 fully saturated rings. The van der Waals surface area contributed by atoms with E-state index in [2.05, 4.69) is 53.4 Å². The molecule has 1 aliphatic heterocycles. The van der Waals surface area contributed by atoms with E-state index >= 15 is 0 Å². The molecule has 1 saturated heterocycles. The molecule has 2 N–H and O–H groups in total. The van der Waals surface area contributed by atoms with Gasteiger partial charge in [-0.25, -0.2) is 24.4 Å². The molecule has 2 unspecified atom stereocenters. The topological polar surface area (TPSA) is 178 Å². The van der Waals surface area contributed by atoms with E-state index in [0.29, 0.717) is 28.2 Å². The van der Waals surface area contributed by atoms with Crippen molar-refractivity contribution in [1.29, 1.82) is 5.26 Å². The van der Waals surface area contributed by atoms with E-state index in [-0.39, 0.29) is 30.9 Å². The number of imidazole rings is 1. The third-order valence-electron chi connectivity index (χ3n) is 11.3. The lowest BCUT2D eigenvalue weighted by molar-refractivity contribution is -0.103. The van der Waals surface area contributed by atoms with Gasteiger partial charge in [-0.3, -0.25) is 4.57 Å². The summed E-state index contributed by atoms with van der Waals surface area (Å²) in [6.07, 6.45) is -2.17. The zero-order valence-corrected chi connectivity index (χ0v) is 37.9. The molecular weight excluding hydrogens is 834 g/mol. The van der Waals surface area contributed by atoms with Crippen molar-refractivity contribution in [3.8, 4) is 17.6 Å². The van der Waals surface area contributed by atoms with Crippen molar-refractivity contribution in [2.45, 2.75) is 82.3 Å². The fraction of sp³-hybridized carbons (Fsp3) is 0.354. The van der Waals surface area contributed by atoms with Gasteiger partial charge in [0.2, 0.25) is 0 Å². The van der Waals surface area contributed by atoms with Crippen LogP contribution < -0.4 is 15.2 Å². The molecule has 2 aromatic heterocycles. The van der Waals surface area contributed by atoms with Gasteiger partial charge in [0.15, 0.2) is 17.7 Å². The summed E-state index contributed by atoms with van der Waals surface area (Å²) in [5, 5.41) is 9.61. The molecule has 15 nitrogen and oxygen atoms in total. The largest absolute Gasteiger partial charge is 0.497 e. The Balaban J connectivity index is 1.55. The molecule has 0 spiro atoms. The van der Waals surface area contributed by atoms with Gasteiger partial charge in [0.05, 0.1) is 50.6 Å². The van der Waals surface area contributed by atoms with E-state index in [0.717, 1.165) is 16.7 Å². The Labute approximate surface area is 375 Å². The predicted molar refractivity (Wildman–Crippen MR) is 242 cm³/mol. The number of nitrogen functional groups attached to an aromatic ring is 1. The lowest BCUT2D eigenvalue weighted by Crippen LogP contribution is -2.55. The number of nitrogens with two attached hydrogens (primary N) is 1. The fourth-order valence-corrected chi connectivity index (χ4v) is 10.3. The van der Waals surface area contributed by atoms with Gasteiger partial charge in [-0.05, 0) is 80.8 Å². The third-order valence-corrected chi connectivity index (χ3v) is 13.4. The second kappa shape index (κ2) is 20.7. The van der Waals surface area contributed by atoms with Crippen molar-refractivity contribution in [3.05, 3.63) is 144 Å². The number of nitriles is 1. The third kappa shape index (κ3) is 9.17. The summed E-state index contributed by atoms with van der Waals surface area (Å²) in [6, 6.07) is 36.2. The summed E-state index contributed by atoms with van der Waals surface area (Å²) in [5.74, 6) is 0.856. The van der Waals surface area contributed by atoms with E-state index in [9.17, 15) is 10.1 Å². The molecule has 0 amide bonds. The minimum absolute atomic E-state index is 0.0447. The van der Waals surface area contributed by atoms with Crippen LogP contribution in [0.4, 0.5) is 5.82 Å². The zero-order valence-electron chi connectivity index (χ0n) is 37.0. The number of benzene rings is 4. The summed E-state index contributed by atoms with van der Waals surface area (Å²) in [6.45, 7) is 8.35. The SMILES string of the molecule is COc1ccc(C(c2ccccc2)(c2ccc(OC)cc2)C(OC(=O)c2ccccc2)[C@H]2O[C@@H](n3cnc4c(N)ncnc43)[C@H](OC)[C@@H]2OP(OCCC#N)N(C(C)C)C(C)C)cc1. The zero-order chi connectivity index (χ0) is 45.4. The maximum atomic E-state index is 14.9. The molecule has 16 heteroatoms. The van der Waals surface area contributed by atoms with Crippen LogP contribution in [0.3, 0.4) is 0 Å². The molecule has 4 aromatic carbocycles. The number of hydrogen-bond acceptors (Lipinski definition) is 14. The highest BCUT2D eigenvalue weighted by Crippen LogP contribution is 2.54. The highest BCUT2D eigenvalue weighted by atomic mass is 31.2. The minimum atomic E-state index is -1.92. The van der Waals surface area contributed by atoms with Crippen LogP contribution in [0, 0.1) is 11.3 Å². The molecule has 64 heavy (non-hydrogen) atoms. The van der Waals surface area contributed by atoms with Gasteiger partial charge in [0, 0.05) is 19.2 Å². The first-order valence-electron chi connectivity index (χ1n) is 21.0. The lowest BCUT2D eigenvalue weighted by atomic mass is 9.63. The normalized spacial score (nSPS) is 18.6. The van der Waals surface area contributed by atoms with Gasteiger partial charge < -0.3 is 38.5 Å². The Morgan fingerprint density at radius 3 is 1.95 bits per heavy atom. The monoisotopic (exact) mass is 887 g/mol. The Morgan fingerprint density at radius 2 is 1.41 bits per heavy atom. The number of carbonyl (C=O) groups is 1. The standard InChI is InChI=1S/C48H54N7O8P/c1-31(2)55(32(3)4)64(60-28-14-27-49)63-40-41(61-46(42(40)59-7)54-30-53-39-44(50)51-29-52-45(39)54)43(62-47(56)33-15-10-8-11-16-33)48(34-17-12-9-13-18-34,35-19-23-37(57-5)24-20-35)36-21-25-38(58-6)26-22-36/h8-13,15-26,29-32,40-43,46H,14,28H2,1-7H3,(H2,50,51,52)/t40-,41+,42-,43?,46-,64?/m1/s1. The lowest BCUT2D eigenvalue weighted by Gasteiger charge is -2.45. The quantitative estimate of drug-likeness (QED) is 0.0356. The Morgan fingerprint density at radius 1 is 0.828 bits per heavy atom. The number of rotatable bonds is 19. The summed E-state index contributed by atoms with van der Waals surface area (Å²) in [7, 11) is 2.87. The van der Waals surface area contributed by atoms with Crippen molar-refractivity contribution in [2.75, 3.05) is 33.7 Å². The van der Waals surface area contributed by atoms with E-state index in [1.165, 1.54) is 6.33 Å². The minimum Gasteiger partial charge on any atom is -0.497 e. The van der Waals surface area contributed by atoms with Gasteiger partial charge in [-0.15, -0.1) is 0 Å². The average molecular weight is 888 g/mol. The van der Waals surface area contributed by atoms with Crippen LogP contribution in [0.1, 0.15) is 67.4 Å². The number of aromatic nitrogens is 4. The van der Waals surface area contributed by atoms with Gasteiger partial charge >= 0.3 is 5.97 Å². The van der Waals surface area contributed by atoms with Gasteiger partial charge in [0.1, 0.15) is 47.8 Å². The molecule has 7 rings (SSSR count). The van der Waals surface area contributed by atoms with Crippen LogP contribution in [0.2, 0.25) is 0 Å². The number of esters is 1. The Kier molecular flexibility index (Phi) is 14.9. The number of carbonyl (C=O) groups excluding carboxylic acids is 1. The molecule has 0 saturated carbocycles. The first kappa shape index (κ1) is 46.0. The number of nitrogens with zero attached hydrogens (tertiary/aromatic N) is 6. The number of hydrogen-bond donors (Lipinski definition) is 1. The first-order chi connectivity index (χ1) is 31.1. The maximum Gasteiger partial charge on any atom is 0.338 e. The van der Waals surface area contributed by atoms with E-state index in [1.54, 1.807) is 56.5 Å². The maximum absolute atomic E-state index is 14.9. The summed E-state index contributed by atoms with van der Waals surface area (Å²) < 4.78 is 50.0. The van der Waals surface area contributed by atoms with Crippen molar-refractivity contribution < 1.29 is 37.5 Å². The van der Waals surface area contributed by atoms with Crippen LogP contribution in [0.5, 0.6) is 11.5 Å². The smallest absolute Gasteiger partial charge is 0.338 e. The first-order valence-corrected chi connectivity index (χ1v) is 22.2. The summed E-state index contributed by atoms with van der Waals surface area (Å²) in [5.41, 5.74) is 8.36. The molecule has 0 bridgehead atoms. The van der Waals surface area contributed by atoms with Crippen LogP contribution in [0.25, 0.3) is 11.2 Å². The van der Waals surface area contributed by atoms with Crippen molar-refractivity contribution in [2.24, 2.45) is 0 Å². The molecule has 6 atom stereocenters. The molecular formula is C48H54N7O8P. The number of anilines is 1. The predicted octanol–water partition coefficient (Wildman–Crippen LogP) is 8.26. The van der Waals surface area contributed by atoms with E-state index < -0.39 is 50.6 Å². The summed E-state index contributed by atoms with van der Waals surface area (Å²) in [4.78, 5) is 28.3. The fourth-order valence-electron chi connectivity index (χ4n) is 8.52. The highest BCUT2D eigenvalue weighted by Gasteiger charge is 2.60. The molecule has 1 aliphatic rings. The van der Waals surface area contributed by atoms with Gasteiger partial charge in [0.25, 0.3) is 8.53 Å². The Hall–Kier alpha value is -5.98. The molecule has 334 valence electrons. The van der Waals surface area contributed by atoms with Crippen LogP contribution in [-0.4, -0.2) is 94.6 Å². The van der Waals surface area contributed by atoms with Crippen LogP contribution in [0.15, 0.2) is 122 Å². The van der Waals surface area contributed by atoms with E-state index in [4.69, 9.17) is 38.5 Å². The van der Waals surface area contributed by atoms with Gasteiger partial charge in [-0.2, -0.15) is 5.26 Å². The van der Waals surface area contributed by atoms with Crippen molar-refractivity contribution in [1.82, 2.24) is 24.2 Å². The van der Waals surface area contributed by atoms with Crippen molar-refractivity contribution in [3.63, 3.8) is 0 Å². The molecule has 3 heterocycles. The Bertz CT molecular complexity index is 2430. The second-order valence-corrected chi connectivity index (χ2v) is 17.1. The number of fused-ring (bicyclic) bond motifs is 1. The highest BCUT2D eigenvalue weighted by molar-refractivity contribution is 7.44. The van der Waals surface area contributed by atoms with E-state index in [1.807, 2.05) is 84.9 Å². The van der Waals surface area contributed by atoms with Gasteiger partial charge in [-0.1, -0.05) is 72.8 Å². The summed E-state index contributed by atoms with van der Waals surface area (Å²) >= 11 is 0. The van der Waals surface area contributed by atoms with Crippen LogP contribution in [-0.2, 0) is 28.7 Å².